The highest BCUT2D eigenvalue weighted by Gasteiger charge is 2.25. The van der Waals surface area contributed by atoms with Crippen LogP contribution in [0.15, 0.2) is 24.3 Å². The van der Waals surface area contributed by atoms with E-state index >= 15 is 0 Å². The van der Waals surface area contributed by atoms with Crippen LogP contribution in [0.5, 0.6) is 0 Å². The van der Waals surface area contributed by atoms with Crippen LogP contribution in [-0.4, -0.2) is 23.1 Å². The SMILES string of the molecule is O=C(CC1CSCCC1=O)c1ccc(Cl)cc1. The van der Waals surface area contributed by atoms with Crippen molar-refractivity contribution in [2.75, 3.05) is 11.5 Å². The van der Waals surface area contributed by atoms with Crippen LogP contribution < -0.4 is 0 Å². The minimum Gasteiger partial charge on any atom is -0.299 e. The van der Waals surface area contributed by atoms with Crippen molar-refractivity contribution in [2.45, 2.75) is 12.8 Å². The summed E-state index contributed by atoms with van der Waals surface area (Å²) in [6.45, 7) is 0. The number of carbonyl (C=O) groups excluding carboxylic acids is 2. The molecule has 17 heavy (non-hydrogen) atoms. The first-order valence-electron chi connectivity index (χ1n) is 5.56. The Hall–Kier alpha value is -0.800. The van der Waals surface area contributed by atoms with E-state index in [1.807, 2.05) is 0 Å². The Morgan fingerprint density at radius 1 is 1.35 bits per heavy atom. The zero-order valence-electron chi connectivity index (χ0n) is 9.32. The summed E-state index contributed by atoms with van der Waals surface area (Å²) in [5, 5.41) is 0.617. The van der Waals surface area contributed by atoms with Crippen LogP contribution in [0, 0.1) is 5.92 Å². The maximum atomic E-state index is 12.0. The Morgan fingerprint density at radius 3 is 2.71 bits per heavy atom. The van der Waals surface area contributed by atoms with Gasteiger partial charge in [0, 0.05) is 40.9 Å². The van der Waals surface area contributed by atoms with E-state index in [1.165, 1.54) is 0 Å². The number of hydrogen-bond acceptors (Lipinski definition) is 3. The third-order valence-electron chi connectivity index (χ3n) is 2.87. The average Bonchev–Trinajstić information content (AvgIpc) is 2.33. The normalized spacial score (nSPS) is 20.3. The molecule has 0 radical (unpaired) electrons. The summed E-state index contributed by atoms with van der Waals surface area (Å²) in [7, 11) is 0. The molecule has 0 N–H and O–H groups in total. The number of halogens is 1. The maximum Gasteiger partial charge on any atom is 0.163 e. The van der Waals surface area contributed by atoms with Gasteiger partial charge in [0.2, 0.25) is 0 Å². The van der Waals surface area contributed by atoms with E-state index in [0.29, 0.717) is 23.4 Å². The Labute approximate surface area is 110 Å². The van der Waals surface area contributed by atoms with Crippen LogP contribution >= 0.6 is 23.4 Å². The molecule has 1 aliphatic rings. The lowest BCUT2D eigenvalue weighted by Gasteiger charge is -2.19. The molecule has 4 heteroatoms. The van der Waals surface area contributed by atoms with Crippen molar-refractivity contribution in [3.05, 3.63) is 34.9 Å². The van der Waals surface area contributed by atoms with Crippen molar-refractivity contribution in [1.29, 1.82) is 0 Å². The van der Waals surface area contributed by atoms with E-state index in [2.05, 4.69) is 0 Å². The van der Waals surface area contributed by atoms with Crippen LogP contribution in [0.2, 0.25) is 5.02 Å². The maximum absolute atomic E-state index is 12.0. The van der Waals surface area contributed by atoms with Crippen molar-refractivity contribution in [3.63, 3.8) is 0 Å². The summed E-state index contributed by atoms with van der Waals surface area (Å²) in [5.41, 5.74) is 0.637. The number of thioether (sulfide) groups is 1. The zero-order valence-corrected chi connectivity index (χ0v) is 10.9. The molecule has 2 rings (SSSR count). The van der Waals surface area contributed by atoms with Crippen LogP contribution in [-0.2, 0) is 4.79 Å². The molecule has 0 spiro atoms. The minimum atomic E-state index is -0.100. The second-order valence-corrected chi connectivity index (χ2v) is 5.71. The first kappa shape index (κ1) is 12.7. The summed E-state index contributed by atoms with van der Waals surface area (Å²) < 4.78 is 0. The van der Waals surface area contributed by atoms with E-state index in [9.17, 15) is 9.59 Å². The quantitative estimate of drug-likeness (QED) is 0.790. The van der Waals surface area contributed by atoms with E-state index in [0.717, 1.165) is 11.5 Å². The summed E-state index contributed by atoms with van der Waals surface area (Å²) >= 11 is 7.51. The van der Waals surface area contributed by atoms with Crippen LogP contribution in [0.1, 0.15) is 23.2 Å². The molecule has 0 aliphatic carbocycles. The molecule has 0 aromatic heterocycles. The van der Waals surface area contributed by atoms with Gasteiger partial charge >= 0.3 is 0 Å². The lowest BCUT2D eigenvalue weighted by Crippen LogP contribution is -2.25. The van der Waals surface area contributed by atoms with Crippen LogP contribution in [0.25, 0.3) is 0 Å². The molecular formula is C13H13ClO2S. The molecule has 2 nitrogen and oxygen atoms in total. The first-order chi connectivity index (χ1) is 8.16. The highest BCUT2D eigenvalue weighted by molar-refractivity contribution is 7.99. The van der Waals surface area contributed by atoms with Gasteiger partial charge in [0.1, 0.15) is 5.78 Å². The highest BCUT2D eigenvalue weighted by atomic mass is 35.5. The topological polar surface area (TPSA) is 34.1 Å². The highest BCUT2D eigenvalue weighted by Crippen LogP contribution is 2.24. The van der Waals surface area contributed by atoms with Gasteiger partial charge in [-0.3, -0.25) is 9.59 Å². The molecule has 1 aromatic rings. The molecule has 1 aliphatic heterocycles. The fraction of sp³-hybridized carbons (Fsp3) is 0.385. The summed E-state index contributed by atoms with van der Waals surface area (Å²) in [4.78, 5) is 23.6. The van der Waals surface area contributed by atoms with Gasteiger partial charge in [0.25, 0.3) is 0 Å². The number of rotatable bonds is 3. The van der Waals surface area contributed by atoms with Crippen molar-refractivity contribution >= 4 is 34.9 Å². The molecule has 1 unspecified atom stereocenters. The Balaban J connectivity index is 2.01. The van der Waals surface area contributed by atoms with Gasteiger partial charge < -0.3 is 0 Å². The molecule has 1 atom stereocenters. The Morgan fingerprint density at radius 2 is 2.06 bits per heavy atom. The van der Waals surface area contributed by atoms with Crippen molar-refractivity contribution in [1.82, 2.24) is 0 Å². The zero-order chi connectivity index (χ0) is 12.3. The smallest absolute Gasteiger partial charge is 0.163 e. The third kappa shape index (κ3) is 3.33. The molecule has 1 heterocycles. The molecule has 0 amide bonds. The van der Waals surface area contributed by atoms with Gasteiger partial charge in [-0.25, -0.2) is 0 Å². The monoisotopic (exact) mass is 268 g/mol. The van der Waals surface area contributed by atoms with Crippen molar-refractivity contribution in [3.8, 4) is 0 Å². The van der Waals surface area contributed by atoms with Crippen molar-refractivity contribution in [2.24, 2.45) is 5.92 Å². The predicted molar refractivity (Wildman–Crippen MR) is 70.8 cm³/mol. The number of carbonyl (C=O) groups is 2. The summed E-state index contributed by atoms with van der Waals surface area (Å²) in [5.74, 6) is 1.83. The number of hydrogen-bond donors (Lipinski definition) is 0. The van der Waals surface area contributed by atoms with Gasteiger partial charge in [-0.15, -0.1) is 0 Å². The van der Waals surface area contributed by atoms with Crippen LogP contribution in [0.3, 0.4) is 0 Å². The molecule has 0 saturated carbocycles. The second-order valence-electron chi connectivity index (χ2n) is 4.12. The number of benzene rings is 1. The summed E-state index contributed by atoms with van der Waals surface area (Å²) in [6, 6.07) is 6.83. The molecule has 1 fully saturated rings. The Bertz CT molecular complexity index is 428. The molecule has 0 bridgehead atoms. The van der Waals surface area contributed by atoms with Gasteiger partial charge in [0.15, 0.2) is 5.78 Å². The Kier molecular flexibility index (Phi) is 4.24. The average molecular weight is 269 g/mol. The second kappa shape index (κ2) is 5.69. The van der Waals surface area contributed by atoms with Gasteiger partial charge in [-0.2, -0.15) is 11.8 Å². The van der Waals surface area contributed by atoms with E-state index in [4.69, 9.17) is 11.6 Å². The lowest BCUT2D eigenvalue weighted by molar-refractivity contribution is -0.122. The van der Waals surface area contributed by atoms with E-state index < -0.39 is 0 Å². The molecular weight excluding hydrogens is 256 g/mol. The van der Waals surface area contributed by atoms with E-state index in [1.54, 1.807) is 36.0 Å². The molecule has 1 aromatic carbocycles. The number of ketones is 2. The van der Waals surface area contributed by atoms with E-state index in [-0.39, 0.29) is 17.5 Å². The van der Waals surface area contributed by atoms with Crippen molar-refractivity contribution < 1.29 is 9.59 Å². The lowest BCUT2D eigenvalue weighted by atomic mass is 9.94. The fourth-order valence-corrected chi connectivity index (χ4v) is 3.07. The van der Waals surface area contributed by atoms with Gasteiger partial charge in [-0.05, 0) is 24.3 Å². The minimum absolute atomic E-state index is 0.0301. The first-order valence-corrected chi connectivity index (χ1v) is 7.09. The van der Waals surface area contributed by atoms with Crippen LogP contribution in [0.4, 0.5) is 0 Å². The molecule has 90 valence electrons. The van der Waals surface area contributed by atoms with Gasteiger partial charge in [-0.1, -0.05) is 11.6 Å². The molecule has 1 saturated heterocycles. The fourth-order valence-electron chi connectivity index (χ4n) is 1.85. The number of Topliss-reactive ketones (excluding diaryl/α,β-unsaturated/α-hetero) is 2. The standard InChI is InChI=1S/C13H13ClO2S/c14-11-3-1-9(2-4-11)13(16)7-10-8-17-6-5-12(10)15/h1-4,10H,5-8H2. The third-order valence-corrected chi connectivity index (χ3v) is 4.25. The van der Waals surface area contributed by atoms with Gasteiger partial charge in [0.05, 0.1) is 0 Å². The largest absolute Gasteiger partial charge is 0.299 e. The summed E-state index contributed by atoms with van der Waals surface area (Å²) in [6.07, 6.45) is 0.927. The predicted octanol–water partition coefficient (Wildman–Crippen LogP) is 3.24.